The Hall–Kier alpha value is -2.65. The van der Waals surface area contributed by atoms with E-state index in [2.05, 4.69) is 25.8 Å². The zero-order chi connectivity index (χ0) is 18.3. The van der Waals surface area contributed by atoms with E-state index in [4.69, 9.17) is 16.6 Å². The van der Waals surface area contributed by atoms with Crippen molar-refractivity contribution in [3.63, 3.8) is 0 Å². The average molecular weight is 390 g/mol. The molecule has 0 saturated heterocycles. The molecule has 1 aliphatic heterocycles. The van der Waals surface area contributed by atoms with Crippen LogP contribution in [0.3, 0.4) is 0 Å². The molecule has 132 valence electrons. The minimum atomic E-state index is -0.493. The van der Waals surface area contributed by atoms with Crippen LogP contribution in [0.4, 0.5) is 4.39 Å². The number of hydrogen-bond acceptors (Lipinski definition) is 7. The van der Waals surface area contributed by atoms with Crippen LogP contribution < -0.4 is 5.32 Å². The number of aliphatic imine (C=N–C) groups is 1. The Morgan fingerprint density at radius 1 is 1.35 bits per heavy atom. The highest BCUT2D eigenvalue weighted by Gasteiger charge is 2.31. The number of rotatable bonds is 3. The van der Waals surface area contributed by atoms with Gasteiger partial charge in [0.1, 0.15) is 11.9 Å². The van der Waals surface area contributed by atoms with Crippen molar-refractivity contribution in [3.8, 4) is 0 Å². The van der Waals surface area contributed by atoms with E-state index in [9.17, 15) is 4.39 Å². The van der Waals surface area contributed by atoms with Gasteiger partial charge < -0.3 is 5.32 Å². The number of halogens is 2. The Kier molecular flexibility index (Phi) is 4.25. The number of benzene rings is 1. The highest BCUT2D eigenvalue weighted by atomic mass is 35.5. The van der Waals surface area contributed by atoms with E-state index in [1.54, 1.807) is 24.0 Å². The molecule has 1 aromatic carbocycles. The fraction of sp³-hybridized carbons (Fsp3) is 0.188. The summed E-state index contributed by atoms with van der Waals surface area (Å²) in [5.41, 5.74) is 2.26. The Labute approximate surface area is 157 Å². The summed E-state index contributed by atoms with van der Waals surface area (Å²) in [7, 11) is 1.75. The van der Waals surface area contributed by atoms with Crippen LogP contribution >= 0.6 is 22.9 Å². The lowest BCUT2D eigenvalue weighted by molar-refractivity contribution is 0.626. The van der Waals surface area contributed by atoms with Gasteiger partial charge >= 0.3 is 0 Å². The molecule has 2 aromatic heterocycles. The Bertz CT molecular complexity index is 1030. The van der Waals surface area contributed by atoms with E-state index >= 15 is 0 Å². The van der Waals surface area contributed by atoms with Crippen molar-refractivity contribution in [1.29, 1.82) is 0 Å². The molecule has 10 heteroatoms. The third kappa shape index (κ3) is 2.89. The van der Waals surface area contributed by atoms with Crippen molar-refractivity contribution >= 4 is 34.3 Å². The van der Waals surface area contributed by atoms with Gasteiger partial charge in [-0.2, -0.15) is 0 Å². The first kappa shape index (κ1) is 16.8. The lowest BCUT2D eigenvalue weighted by Crippen LogP contribution is -2.30. The average Bonchev–Trinajstić information content (AvgIpc) is 3.26. The minimum Gasteiger partial charge on any atom is -0.341 e. The standard InChI is InChI=1S/C16H13ClFN7S/c1-8-12(15-22-23-24-25(15)2)13(10-4-3-9(18)7-11(10)17)21-14(20-8)16-19-5-6-26-16/h3-7,13H,1-2H3,(H,20,21). The molecule has 1 aliphatic rings. The van der Waals surface area contributed by atoms with Gasteiger partial charge in [0.05, 0.1) is 0 Å². The number of thiazole rings is 1. The van der Waals surface area contributed by atoms with Gasteiger partial charge in [0, 0.05) is 40.5 Å². The maximum Gasteiger partial charge on any atom is 0.181 e. The highest BCUT2D eigenvalue weighted by Crippen LogP contribution is 2.39. The largest absolute Gasteiger partial charge is 0.341 e. The monoisotopic (exact) mass is 389 g/mol. The highest BCUT2D eigenvalue weighted by molar-refractivity contribution is 7.11. The molecule has 3 heterocycles. The van der Waals surface area contributed by atoms with E-state index in [-0.39, 0.29) is 0 Å². The molecular formula is C16H13ClFN7S. The van der Waals surface area contributed by atoms with Crippen LogP contribution in [-0.4, -0.2) is 31.0 Å². The van der Waals surface area contributed by atoms with E-state index in [1.807, 2.05) is 12.3 Å². The van der Waals surface area contributed by atoms with Crippen LogP contribution in [0.25, 0.3) is 5.57 Å². The zero-order valence-electron chi connectivity index (χ0n) is 13.8. The lowest BCUT2D eigenvalue weighted by atomic mass is 9.95. The number of amidine groups is 1. The van der Waals surface area contributed by atoms with Crippen molar-refractivity contribution in [2.24, 2.45) is 12.0 Å². The van der Waals surface area contributed by atoms with Gasteiger partial charge in [0.25, 0.3) is 0 Å². The molecule has 0 fully saturated rings. The van der Waals surface area contributed by atoms with E-state index in [0.717, 1.165) is 16.3 Å². The first-order valence-corrected chi connectivity index (χ1v) is 8.93. The third-order valence-electron chi connectivity index (χ3n) is 3.99. The molecule has 1 N–H and O–H groups in total. The summed E-state index contributed by atoms with van der Waals surface area (Å²) in [6.07, 6.45) is 1.71. The molecule has 0 amide bonds. The van der Waals surface area contributed by atoms with E-state index in [0.29, 0.717) is 22.2 Å². The van der Waals surface area contributed by atoms with Gasteiger partial charge in [-0.25, -0.2) is 14.1 Å². The molecule has 0 spiro atoms. The molecule has 1 unspecified atom stereocenters. The van der Waals surface area contributed by atoms with Crippen LogP contribution in [0.1, 0.15) is 29.4 Å². The summed E-state index contributed by atoms with van der Waals surface area (Å²) < 4.78 is 15.1. The molecule has 4 rings (SSSR count). The lowest BCUT2D eigenvalue weighted by Gasteiger charge is -2.26. The Balaban J connectivity index is 1.90. The van der Waals surface area contributed by atoms with Crippen LogP contribution in [0.5, 0.6) is 0 Å². The predicted molar refractivity (Wildman–Crippen MR) is 97.3 cm³/mol. The fourth-order valence-electron chi connectivity index (χ4n) is 2.82. The van der Waals surface area contributed by atoms with Crippen molar-refractivity contribution in [1.82, 2.24) is 30.5 Å². The summed E-state index contributed by atoms with van der Waals surface area (Å²) >= 11 is 7.80. The number of nitrogens with one attached hydrogen (secondary N) is 1. The maximum absolute atomic E-state index is 13.5. The number of allylic oxidation sites excluding steroid dienone is 1. The fourth-order valence-corrected chi connectivity index (χ4v) is 3.68. The minimum absolute atomic E-state index is 0.291. The van der Waals surface area contributed by atoms with Crippen LogP contribution in [-0.2, 0) is 7.05 Å². The van der Waals surface area contributed by atoms with E-state index in [1.165, 1.54) is 23.5 Å². The van der Waals surface area contributed by atoms with Crippen molar-refractivity contribution in [2.75, 3.05) is 0 Å². The second-order valence-electron chi connectivity index (χ2n) is 5.67. The summed E-state index contributed by atoms with van der Waals surface area (Å²) in [6.45, 7) is 1.91. The number of nitrogens with zero attached hydrogens (tertiary/aromatic N) is 6. The number of tetrazole rings is 1. The second kappa shape index (κ2) is 6.58. The third-order valence-corrected chi connectivity index (χ3v) is 5.10. The first-order valence-electron chi connectivity index (χ1n) is 7.67. The van der Waals surface area contributed by atoms with Crippen molar-refractivity contribution < 1.29 is 4.39 Å². The molecule has 0 radical (unpaired) electrons. The molecule has 0 aliphatic carbocycles. The summed E-state index contributed by atoms with van der Waals surface area (Å²) in [6, 6.07) is 3.78. The van der Waals surface area contributed by atoms with Gasteiger partial charge in [0.15, 0.2) is 16.7 Å². The van der Waals surface area contributed by atoms with Crippen LogP contribution in [0, 0.1) is 5.82 Å². The zero-order valence-corrected chi connectivity index (χ0v) is 15.4. The molecule has 26 heavy (non-hydrogen) atoms. The molecule has 1 atom stereocenters. The van der Waals surface area contributed by atoms with E-state index < -0.39 is 11.9 Å². The Morgan fingerprint density at radius 2 is 2.19 bits per heavy atom. The number of aromatic nitrogens is 5. The van der Waals surface area contributed by atoms with Crippen molar-refractivity contribution in [3.05, 3.63) is 62.7 Å². The summed E-state index contributed by atoms with van der Waals surface area (Å²) in [5, 5.41) is 17.9. The maximum atomic E-state index is 13.5. The molecule has 7 nitrogen and oxygen atoms in total. The van der Waals surface area contributed by atoms with Crippen LogP contribution in [0.15, 0.2) is 40.5 Å². The quantitative estimate of drug-likeness (QED) is 0.744. The molecule has 0 saturated carbocycles. The van der Waals surface area contributed by atoms with Crippen LogP contribution in [0.2, 0.25) is 5.02 Å². The van der Waals surface area contributed by atoms with Gasteiger partial charge in [-0.1, -0.05) is 17.7 Å². The summed E-state index contributed by atoms with van der Waals surface area (Å²) in [5.74, 6) is 0.781. The van der Waals surface area contributed by atoms with Gasteiger partial charge in [0.2, 0.25) is 0 Å². The topological polar surface area (TPSA) is 80.9 Å². The molecular weight excluding hydrogens is 377 g/mol. The molecule has 3 aromatic rings. The second-order valence-corrected chi connectivity index (χ2v) is 6.97. The van der Waals surface area contributed by atoms with Gasteiger partial charge in [-0.05, 0) is 29.5 Å². The molecule has 0 bridgehead atoms. The SMILES string of the molecule is CC1=C(c2nnnn2C)C(c2ccc(F)cc2Cl)N=C(c2nccs2)N1. The predicted octanol–water partition coefficient (Wildman–Crippen LogP) is 2.98. The summed E-state index contributed by atoms with van der Waals surface area (Å²) in [4.78, 5) is 9.10. The van der Waals surface area contributed by atoms with Gasteiger partial charge in [-0.15, -0.1) is 16.4 Å². The first-order chi connectivity index (χ1) is 12.5. The normalized spacial score (nSPS) is 17.2. The van der Waals surface area contributed by atoms with Gasteiger partial charge in [-0.3, -0.25) is 4.99 Å². The smallest absolute Gasteiger partial charge is 0.181 e. The number of aryl methyl sites for hydroxylation is 1. The number of hydrogen-bond donors (Lipinski definition) is 1. The van der Waals surface area contributed by atoms with Crippen molar-refractivity contribution in [2.45, 2.75) is 13.0 Å². The Morgan fingerprint density at radius 3 is 2.85 bits per heavy atom.